The van der Waals surface area contributed by atoms with Gasteiger partial charge in [0.1, 0.15) is 6.54 Å². The van der Waals surface area contributed by atoms with Crippen LogP contribution in [0.4, 0.5) is 0 Å². The second-order valence-corrected chi connectivity index (χ2v) is 6.79. The summed E-state index contributed by atoms with van der Waals surface area (Å²) in [4.78, 5) is 27.4. The van der Waals surface area contributed by atoms with Gasteiger partial charge in [-0.2, -0.15) is 0 Å². The SMILES string of the molecule is CN(C(=O)CN1CSCC1=O)C1CC2CCC(C1)N2. The van der Waals surface area contributed by atoms with Crippen molar-refractivity contribution >= 4 is 23.6 Å². The fourth-order valence-corrected chi connectivity index (χ4v) is 4.27. The van der Waals surface area contributed by atoms with Crippen molar-refractivity contribution in [2.45, 2.75) is 43.8 Å². The molecule has 3 heterocycles. The number of nitrogens with one attached hydrogen (secondary N) is 1. The summed E-state index contributed by atoms with van der Waals surface area (Å²) < 4.78 is 0. The molecule has 3 saturated heterocycles. The number of nitrogens with zero attached hydrogens (tertiary/aromatic N) is 2. The van der Waals surface area contributed by atoms with Gasteiger partial charge >= 0.3 is 0 Å². The molecule has 2 amide bonds. The summed E-state index contributed by atoms with van der Waals surface area (Å²) in [6.45, 7) is 0.252. The monoisotopic (exact) mass is 283 g/mol. The Labute approximate surface area is 118 Å². The predicted molar refractivity (Wildman–Crippen MR) is 74.8 cm³/mol. The zero-order valence-electron chi connectivity index (χ0n) is 11.3. The van der Waals surface area contributed by atoms with E-state index in [0.29, 0.717) is 29.8 Å². The van der Waals surface area contributed by atoms with Crippen molar-refractivity contribution in [1.29, 1.82) is 0 Å². The number of hydrogen-bond donors (Lipinski definition) is 1. The number of carbonyl (C=O) groups excluding carboxylic acids is 2. The van der Waals surface area contributed by atoms with Crippen LogP contribution in [0.1, 0.15) is 25.7 Å². The number of carbonyl (C=O) groups is 2. The maximum atomic E-state index is 12.3. The van der Waals surface area contributed by atoms with Crippen molar-refractivity contribution in [3.8, 4) is 0 Å². The molecule has 0 aromatic carbocycles. The van der Waals surface area contributed by atoms with Crippen LogP contribution in [0.5, 0.6) is 0 Å². The summed E-state index contributed by atoms with van der Waals surface area (Å²) in [6.07, 6.45) is 4.60. The van der Waals surface area contributed by atoms with Gasteiger partial charge in [-0.05, 0) is 25.7 Å². The number of rotatable bonds is 3. The number of piperidine rings is 1. The molecule has 0 aromatic heterocycles. The first-order chi connectivity index (χ1) is 9.13. The fourth-order valence-electron chi connectivity index (χ4n) is 3.36. The first kappa shape index (κ1) is 13.2. The third-order valence-electron chi connectivity index (χ3n) is 4.54. The van der Waals surface area contributed by atoms with Gasteiger partial charge in [0.15, 0.2) is 0 Å². The van der Waals surface area contributed by atoms with Gasteiger partial charge in [-0.25, -0.2) is 0 Å². The Morgan fingerprint density at radius 3 is 2.68 bits per heavy atom. The maximum absolute atomic E-state index is 12.3. The Morgan fingerprint density at radius 2 is 2.11 bits per heavy atom. The van der Waals surface area contributed by atoms with E-state index in [1.807, 2.05) is 11.9 Å². The van der Waals surface area contributed by atoms with Crippen molar-refractivity contribution in [2.24, 2.45) is 0 Å². The Hall–Kier alpha value is -0.750. The maximum Gasteiger partial charge on any atom is 0.242 e. The van der Waals surface area contributed by atoms with E-state index in [2.05, 4.69) is 5.32 Å². The highest BCUT2D eigenvalue weighted by Crippen LogP contribution is 2.29. The van der Waals surface area contributed by atoms with Crippen LogP contribution in [0.2, 0.25) is 0 Å². The molecule has 0 saturated carbocycles. The molecule has 3 aliphatic rings. The van der Waals surface area contributed by atoms with E-state index in [-0.39, 0.29) is 18.4 Å². The molecular weight excluding hydrogens is 262 g/mol. The Bertz CT molecular complexity index is 378. The highest BCUT2D eigenvalue weighted by Gasteiger charge is 2.36. The lowest BCUT2D eigenvalue weighted by Crippen LogP contribution is -2.50. The molecule has 3 aliphatic heterocycles. The fraction of sp³-hybridized carbons (Fsp3) is 0.846. The van der Waals surface area contributed by atoms with Gasteiger partial charge in [0, 0.05) is 25.2 Å². The minimum atomic E-state index is 0.0853. The van der Waals surface area contributed by atoms with Crippen LogP contribution >= 0.6 is 11.8 Å². The zero-order valence-corrected chi connectivity index (χ0v) is 12.1. The third kappa shape index (κ3) is 2.74. The van der Waals surface area contributed by atoms with Gasteiger partial charge in [0.2, 0.25) is 11.8 Å². The molecule has 106 valence electrons. The number of thioether (sulfide) groups is 1. The molecule has 0 radical (unpaired) electrons. The normalized spacial score (nSPS) is 33.8. The lowest BCUT2D eigenvalue weighted by atomic mass is 9.98. The van der Waals surface area contributed by atoms with E-state index in [0.717, 1.165) is 12.8 Å². The molecule has 6 heteroatoms. The molecule has 0 spiro atoms. The molecule has 2 atom stereocenters. The largest absolute Gasteiger partial charge is 0.341 e. The third-order valence-corrected chi connectivity index (χ3v) is 5.49. The van der Waals surface area contributed by atoms with E-state index >= 15 is 0 Å². The van der Waals surface area contributed by atoms with E-state index in [1.165, 1.54) is 12.8 Å². The molecule has 0 aromatic rings. The van der Waals surface area contributed by atoms with Crippen molar-refractivity contribution in [3.63, 3.8) is 0 Å². The van der Waals surface area contributed by atoms with E-state index in [9.17, 15) is 9.59 Å². The van der Waals surface area contributed by atoms with Gasteiger partial charge in [0.05, 0.1) is 11.6 Å². The minimum Gasteiger partial charge on any atom is -0.341 e. The van der Waals surface area contributed by atoms with Crippen LogP contribution in [-0.4, -0.2) is 65.0 Å². The van der Waals surface area contributed by atoms with Gasteiger partial charge < -0.3 is 15.1 Å². The van der Waals surface area contributed by atoms with Crippen molar-refractivity contribution in [2.75, 3.05) is 25.2 Å². The summed E-state index contributed by atoms with van der Waals surface area (Å²) in [6, 6.07) is 1.52. The molecule has 3 rings (SSSR count). The minimum absolute atomic E-state index is 0.0853. The molecule has 0 aliphatic carbocycles. The smallest absolute Gasteiger partial charge is 0.242 e. The lowest BCUT2D eigenvalue weighted by molar-refractivity contribution is -0.139. The summed E-state index contributed by atoms with van der Waals surface area (Å²) in [5.41, 5.74) is 0. The van der Waals surface area contributed by atoms with Crippen molar-refractivity contribution in [1.82, 2.24) is 15.1 Å². The molecule has 19 heavy (non-hydrogen) atoms. The molecule has 2 bridgehead atoms. The molecule has 1 N–H and O–H groups in total. The highest BCUT2D eigenvalue weighted by atomic mass is 32.2. The number of hydrogen-bond acceptors (Lipinski definition) is 4. The Morgan fingerprint density at radius 1 is 1.42 bits per heavy atom. The van der Waals surface area contributed by atoms with E-state index in [4.69, 9.17) is 0 Å². The molecule has 2 unspecified atom stereocenters. The first-order valence-electron chi connectivity index (χ1n) is 7.00. The van der Waals surface area contributed by atoms with Gasteiger partial charge in [0.25, 0.3) is 0 Å². The van der Waals surface area contributed by atoms with Crippen LogP contribution < -0.4 is 5.32 Å². The van der Waals surface area contributed by atoms with Crippen molar-refractivity contribution < 1.29 is 9.59 Å². The number of amides is 2. The van der Waals surface area contributed by atoms with Crippen LogP contribution in [0.25, 0.3) is 0 Å². The Kier molecular flexibility index (Phi) is 3.71. The standard InChI is InChI=1S/C13H21N3O2S/c1-15(11-4-9-2-3-10(5-11)14-9)12(17)6-16-8-19-7-13(16)18/h9-11,14H,2-8H2,1H3. The van der Waals surface area contributed by atoms with Crippen LogP contribution in [0, 0.1) is 0 Å². The van der Waals surface area contributed by atoms with Crippen molar-refractivity contribution in [3.05, 3.63) is 0 Å². The van der Waals surface area contributed by atoms with Gasteiger partial charge in [-0.15, -0.1) is 11.8 Å². The van der Waals surface area contributed by atoms with Gasteiger partial charge in [-0.3, -0.25) is 9.59 Å². The van der Waals surface area contributed by atoms with Crippen LogP contribution in [-0.2, 0) is 9.59 Å². The molecule has 5 nitrogen and oxygen atoms in total. The summed E-state index contributed by atoms with van der Waals surface area (Å²) in [5, 5.41) is 3.59. The van der Waals surface area contributed by atoms with E-state index in [1.54, 1.807) is 16.7 Å². The summed E-state index contributed by atoms with van der Waals surface area (Å²) in [5.74, 6) is 1.36. The highest BCUT2D eigenvalue weighted by molar-refractivity contribution is 8.00. The Balaban J connectivity index is 1.56. The second kappa shape index (κ2) is 5.32. The first-order valence-corrected chi connectivity index (χ1v) is 8.16. The topological polar surface area (TPSA) is 52.7 Å². The number of likely N-dealkylation sites (N-methyl/N-ethyl adjacent to an activating group) is 1. The molecular formula is C13H21N3O2S. The van der Waals surface area contributed by atoms with Crippen LogP contribution in [0.15, 0.2) is 0 Å². The number of fused-ring (bicyclic) bond motifs is 2. The average Bonchev–Trinajstić information content (AvgIpc) is 2.95. The predicted octanol–water partition coefficient (Wildman–Crippen LogP) is 0.261. The lowest BCUT2D eigenvalue weighted by Gasteiger charge is -2.36. The summed E-state index contributed by atoms with van der Waals surface area (Å²) >= 11 is 1.59. The zero-order chi connectivity index (χ0) is 13.4. The molecule has 3 fully saturated rings. The van der Waals surface area contributed by atoms with Gasteiger partial charge in [-0.1, -0.05) is 0 Å². The average molecular weight is 283 g/mol. The van der Waals surface area contributed by atoms with E-state index < -0.39 is 0 Å². The second-order valence-electron chi connectivity index (χ2n) is 5.84. The summed E-state index contributed by atoms with van der Waals surface area (Å²) in [7, 11) is 1.89. The van der Waals surface area contributed by atoms with Crippen LogP contribution in [0.3, 0.4) is 0 Å². The quantitative estimate of drug-likeness (QED) is 0.807.